The van der Waals surface area contributed by atoms with Crippen LogP contribution in [0.1, 0.15) is 10.4 Å². The van der Waals surface area contributed by atoms with Crippen LogP contribution in [0.25, 0.3) is 0 Å². The molecule has 0 aliphatic carbocycles. The summed E-state index contributed by atoms with van der Waals surface area (Å²) < 4.78 is 14.5. The van der Waals surface area contributed by atoms with Gasteiger partial charge in [-0.25, -0.2) is 4.39 Å². The highest BCUT2D eigenvalue weighted by Gasteiger charge is 2.15. The van der Waals surface area contributed by atoms with E-state index in [1.54, 1.807) is 36.0 Å². The van der Waals surface area contributed by atoms with Crippen molar-refractivity contribution < 1.29 is 9.18 Å². The summed E-state index contributed by atoms with van der Waals surface area (Å²) in [5, 5.41) is 0.367. The molecule has 0 spiro atoms. The molecule has 0 saturated carbocycles. The molecule has 1 heterocycles. The van der Waals surface area contributed by atoms with Gasteiger partial charge >= 0.3 is 0 Å². The van der Waals surface area contributed by atoms with Gasteiger partial charge in [0.1, 0.15) is 5.82 Å². The van der Waals surface area contributed by atoms with Crippen LogP contribution in [0.4, 0.5) is 4.39 Å². The van der Waals surface area contributed by atoms with Crippen LogP contribution in [0.15, 0.2) is 30.3 Å². The average molecular weight is 375 g/mol. The summed E-state index contributed by atoms with van der Waals surface area (Å²) in [6, 6.07) is 8.28. The zero-order chi connectivity index (χ0) is 17.0. The minimum Gasteiger partial charge on any atom is -0.340 e. The molecule has 0 unspecified atom stereocenters. The van der Waals surface area contributed by atoms with Crippen LogP contribution >= 0.6 is 34.5 Å². The van der Waals surface area contributed by atoms with Gasteiger partial charge in [0.05, 0.1) is 17.4 Å². The highest BCUT2D eigenvalue weighted by molar-refractivity contribution is 7.16. The van der Waals surface area contributed by atoms with E-state index in [2.05, 4.69) is 0 Å². The van der Waals surface area contributed by atoms with Crippen molar-refractivity contribution in [3.63, 3.8) is 0 Å². The Labute approximate surface area is 149 Å². The quantitative estimate of drug-likeness (QED) is 0.752. The van der Waals surface area contributed by atoms with E-state index < -0.39 is 0 Å². The fourth-order valence-corrected chi connectivity index (χ4v) is 3.48. The SMILES string of the molecule is CN(CC(=O)N(C)Cc1ccc(Cl)s1)Cc1c(F)cccc1Cl. The molecule has 0 aliphatic heterocycles. The van der Waals surface area contributed by atoms with Gasteiger partial charge in [0.2, 0.25) is 5.91 Å². The first-order valence-electron chi connectivity index (χ1n) is 6.96. The molecule has 0 bridgehead atoms. The lowest BCUT2D eigenvalue weighted by Gasteiger charge is -2.22. The van der Waals surface area contributed by atoms with Crippen LogP contribution < -0.4 is 0 Å². The molecule has 23 heavy (non-hydrogen) atoms. The molecule has 1 aromatic heterocycles. The second-order valence-electron chi connectivity index (χ2n) is 5.33. The summed E-state index contributed by atoms with van der Waals surface area (Å²) in [5.74, 6) is -0.414. The van der Waals surface area contributed by atoms with Crippen LogP contribution in [0.5, 0.6) is 0 Å². The fourth-order valence-electron chi connectivity index (χ4n) is 2.12. The van der Waals surface area contributed by atoms with E-state index >= 15 is 0 Å². The standard InChI is InChI=1S/C16H17Cl2FN2OS/c1-20(9-12-13(17)4-3-5-14(12)19)10-16(22)21(2)8-11-6-7-15(18)23-11/h3-7H,8-10H2,1-2H3. The Bertz CT molecular complexity index is 672. The summed E-state index contributed by atoms with van der Waals surface area (Å²) in [5.41, 5.74) is 0.400. The molecule has 2 rings (SSSR count). The minimum absolute atomic E-state index is 0.0514. The van der Waals surface area contributed by atoms with E-state index in [1.165, 1.54) is 17.4 Å². The number of hydrogen-bond donors (Lipinski definition) is 0. The van der Waals surface area contributed by atoms with Gasteiger partial charge in [-0.1, -0.05) is 29.3 Å². The fraction of sp³-hybridized carbons (Fsp3) is 0.312. The summed E-state index contributed by atoms with van der Waals surface area (Å²) in [6.45, 7) is 0.959. The van der Waals surface area contributed by atoms with Gasteiger partial charge in [0.15, 0.2) is 0 Å². The van der Waals surface area contributed by atoms with Gasteiger partial charge in [-0.15, -0.1) is 11.3 Å². The van der Waals surface area contributed by atoms with Gasteiger partial charge in [-0.05, 0) is 31.3 Å². The zero-order valence-corrected chi connectivity index (χ0v) is 15.2. The molecule has 0 saturated heterocycles. The van der Waals surface area contributed by atoms with Crippen LogP contribution in [0, 0.1) is 5.82 Å². The summed E-state index contributed by atoms with van der Waals surface area (Å²) in [6.07, 6.45) is 0. The highest BCUT2D eigenvalue weighted by Crippen LogP contribution is 2.23. The van der Waals surface area contributed by atoms with Crippen molar-refractivity contribution in [2.75, 3.05) is 20.6 Å². The Kier molecular flexibility index (Phi) is 6.41. The first-order valence-corrected chi connectivity index (χ1v) is 8.53. The van der Waals surface area contributed by atoms with Crippen molar-refractivity contribution in [2.45, 2.75) is 13.1 Å². The molecule has 0 aliphatic rings. The van der Waals surface area contributed by atoms with E-state index in [0.29, 0.717) is 21.5 Å². The number of benzene rings is 1. The van der Waals surface area contributed by atoms with Gasteiger partial charge in [-0.3, -0.25) is 9.69 Å². The molecule has 0 N–H and O–H groups in total. The van der Waals surface area contributed by atoms with E-state index in [-0.39, 0.29) is 24.8 Å². The van der Waals surface area contributed by atoms with E-state index in [4.69, 9.17) is 23.2 Å². The van der Waals surface area contributed by atoms with E-state index in [0.717, 1.165) is 4.88 Å². The molecule has 1 amide bonds. The first kappa shape index (κ1) is 18.2. The average Bonchev–Trinajstić information content (AvgIpc) is 2.88. The van der Waals surface area contributed by atoms with Crippen molar-refractivity contribution >= 4 is 40.4 Å². The number of thiophene rings is 1. The molecule has 7 heteroatoms. The Morgan fingerprint density at radius 2 is 1.91 bits per heavy atom. The lowest BCUT2D eigenvalue weighted by molar-refractivity contribution is -0.131. The van der Waals surface area contributed by atoms with Gasteiger partial charge < -0.3 is 4.90 Å². The van der Waals surface area contributed by atoms with Crippen LogP contribution in [-0.2, 0) is 17.9 Å². The third-order valence-corrected chi connectivity index (χ3v) is 4.91. The molecule has 1 aromatic carbocycles. The lowest BCUT2D eigenvalue weighted by atomic mass is 10.2. The van der Waals surface area contributed by atoms with Gasteiger partial charge in [-0.2, -0.15) is 0 Å². The van der Waals surface area contributed by atoms with Gasteiger partial charge in [0, 0.05) is 29.1 Å². The van der Waals surface area contributed by atoms with Crippen molar-refractivity contribution in [3.05, 3.63) is 55.9 Å². The van der Waals surface area contributed by atoms with Crippen molar-refractivity contribution in [1.82, 2.24) is 9.80 Å². The zero-order valence-electron chi connectivity index (χ0n) is 12.9. The molecule has 3 nitrogen and oxygen atoms in total. The van der Waals surface area contributed by atoms with Crippen LogP contribution in [0.2, 0.25) is 9.36 Å². The summed E-state index contributed by atoms with van der Waals surface area (Å²) in [7, 11) is 3.50. The van der Waals surface area contributed by atoms with Crippen molar-refractivity contribution in [3.8, 4) is 0 Å². The predicted octanol–water partition coefficient (Wildman–Crippen LogP) is 4.28. The van der Waals surface area contributed by atoms with Crippen LogP contribution in [0.3, 0.4) is 0 Å². The number of likely N-dealkylation sites (N-methyl/N-ethyl adjacent to an activating group) is 2. The maximum atomic E-state index is 13.8. The number of hydrogen-bond acceptors (Lipinski definition) is 3. The molecule has 0 radical (unpaired) electrons. The Hall–Kier alpha value is -1.14. The molecule has 0 fully saturated rings. The Morgan fingerprint density at radius 3 is 2.52 bits per heavy atom. The third-order valence-electron chi connectivity index (χ3n) is 3.34. The second-order valence-corrected chi connectivity index (χ2v) is 7.53. The van der Waals surface area contributed by atoms with E-state index in [1.807, 2.05) is 12.1 Å². The number of carbonyl (C=O) groups is 1. The number of carbonyl (C=O) groups excluding carboxylic acids is 1. The number of rotatable bonds is 6. The highest BCUT2D eigenvalue weighted by atomic mass is 35.5. The lowest BCUT2D eigenvalue weighted by Crippen LogP contribution is -2.36. The summed E-state index contributed by atoms with van der Waals surface area (Å²) in [4.78, 5) is 16.6. The molecular weight excluding hydrogens is 358 g/mol. The smallest absolute Gasteiger partial charge is 0.236 e. The normalized spacial score (nSPS) is 11.0. The molecule has 2 aromatic rings. The molecular formula is C16H17Cl2FN2OS. The Balaban J connectivity index is 1.91. The minimum atomic E-state index is -0.363. The second kappa shape index (κ2) is 8.11. The largest absolute Gasteiger partial charge is 0.340 e. The molecule has 0 atom stereocenters. The number of amides is 1. The maximum Gasteiger partial charge on any atom is 0.236 e. The molecule has 124 valence electrons. The van der Waals surface area contributed by atoms with E-state index in [9.17, 15) is 9.18 Å². The Morgan fingerprint density at radius 1 is 1.17 bits per heavy atom. The summed E-state index contributed by atoms with van der Waals surface area (Å²) >= 11 is 13.3. The van der Waals surface area contributed by atoms with Gasteiger partial charge in [0.25, 0.3) is 0 Å². The van der Waals surface area contributed by atoms with Crippen LogP contribution in [-0.4, -0.2) is 36.3 Å². The number of halogens is 3. The third kappa shape index (κ3) is 5.18. The van der Waals surface area contributed by atoms with Crippen molar-refractivity contribution in [1.29, 1.82) is 0 Å². The first-order chi connectivity index (χ1) is 10.9. The number of nitrogens with zero attached hydrogens (tertiary/aromatic N) is 2. The monoisotopic (exact) mass is 374 g/mol. The topological polar surface area (TPSA) is 23.6 Å². The van der Waals surface area contributed by atoms with Crippen molar-refractivity contribution in [2.24, 2.45) is 0 Å². The maximum absolute atomic E-state index is 13.8. The predicted molar refractivity (Wildman–Crippen MR) is 93.5 cm³/mol.